The molecule has 0 aromatic carbocycles. The molecule has 0 aliphatic heterocycles. The predicted molar refractivity (Wildman–Crippen MR) is 30.3 cm³/mol. The molecule has 0 saturated carbocycles. The maximum atomic E-state index is 12.0. The van der Waals surface area contributed by atoms with Crippen molar-refractivity contribution >= 4 is 10.2 Å². The topological polar surface area (TPSA) is 59.9 Å². The van der Waals surface area contributed by atoms with Crippen LogP contribution in [-0.4, -0.2) is 18.4 Å². The van der Waals surface area contributed by atoms with Gasteiger partial charge in [-0.3, -0.25) is 0 Å². The molecule has 4 nitrogen and oxygen atoms in total. The van der Waals surface area contributed by atoms with Crippen LogP contribution >= 0.6 is 0 Å². The van der Waals surface area contributed by atoms with Crippen LogP contribution in [0.3, 0.4) is 0 Å². The lowest BCUT2D eigenvalue weighted by Gasteiger charge is -1.88. The molecule has 0 amide bonds. The zero-order valence-electron chi connectivity index (χ0n) is 4.73. The van der Waals surface area contributed by atoms with Gasteiger partial charge in [0.2, 0.25) is 0 Å². The molecule has 0 aliphatic carbocycles. The average Bonchev–Trinajstić information content (AvgIpc) is 1.88. The highest BCUT2D eigenvalue weighted by molar-refractivity contribution is 7.86. The van der Waals surface area contributed by atoms with Crippen molar-refractivity contribution in [2.24, 2.45) is 0 Å². The third-order valence-electron chi connectivity index (χ3n) is 0.805. The number of aromatic nitrogens is 2. The molecule has 0 N–H and O–H groups in total. The van der Waals surface area contributed by atoms with Gasteiger partial charge in [-0.2, -0.15) is 8.42 Å². The van der Waals surface area contributed by atoms with Crippen molar-refractivity contribution in [1.82, 2.24) is 9.97 Å². The highest BCUT2D eigenvalue weighted by Crippen LogP contribution is 2.04. The minimum atomic E-state index is -4.65. The zero-order chi connectivity index (χ0) is 7.61. The lowest BCUT2D eigenvalue weighted by Crippen LogP contribution is -1.94. The second-order valence-corrected chi connectivity index (χ2v) is 2.78. The molecule has 1 rings (SSSR count). The van der Waals surface area contributed by atoms with E-state index in [1.807, 2.05) is 0 Å². The Bertz CT molecular complexity index is 309. The number of hydrogen-bond donors (Lipinski definition) is 0. The van der Waals surface area contributed by atoms with E-state index in [0.29, 0.717) is 0 Å². The average molecular weight is 162 g/mol. The second kappa shape index (κ2) is 2.30. The summed E-state index contributed by atoms with van der Waals surface area (Å²) >= 11 is 0. The Kier molecular flexibility index (Phi) is 1.62. The first-order valence-electron chi connectivity index (χ1n) is 2.31. The Morgan fingerprint density at radius 1 is 1.50 bits per heavy atom. The predicted octanol–water partition coefficient (Wildman–Crippen LogP) is 0.135. The smallest absolute Gasteiger partial charge is 0.245 e. The standard InChI is InChI=1S/C4H3FN2O2S/c5-10(8,9)4-1-2-6-3-7-4/h1-3H. The third kappa shape index (κ3) is 1.47. The highest BCUT2D eigenvalue weighted by Gasteiger charge is 2.11. The molecule has 10 heavy (non-hydrogen) atoms. The van der Waals surface area contributed by atoms with E-state index in [1.165, 1.54) is 0 Å². The van der Waals surface area contributed by atoms with Gasteiger partial charge < -0.3 is 0 Å². The number of nitrogens with zero attached hydrogens (tertiary/aromatic N) is 2. The van der Waals surface area contributed by atoms with Crippen LogP contribution in [0.25, 0.3) is 0 Å². The number of hydrogen-bond acceptors (Lipinski definition) is 4. The van der Waals surface area contributed by atoms with Crippen molar-refractivity contribution in [2.45, 2.75) is 5.03 Å². The quantitative estimate of drug-likeness (QED) is 0.435. The van der Waals surface area contributed by atoms with E-state index in [9.17, 15) is 12.3 Å². The number of halogens is 1. The van der Waals surface area contributed by atoms with Crippen LogP contribution in [0.4, 0.5) is 3.89 Å². The van der Waals surface area contributed by atoms with Gasteiger partial charge in [0.1, 0.15) is 6.33 Å². The summed E-state index contributed by atoms with van der Waals surface area (Å²) in [5.41, 5.74) is 0. The van der Waals surface area contributed by atoms with E-state index < -0.39 is 15.2 Å². The van der Waals surface area contributed by atoms with Gasteiger partial charge >= 0.3 is 10.2 Å². The van der Waals surface area contributed by atoms with Gasteiger partial charge in [-0.1, -0.05) is 3.89 Å². The van der Waals surface area contributed by atoms with Gasteiger partial charge in [0.05, 0.1) is 0 Å². The largest absolute Gasteiger partial charge is 0.349 e. The van der Waals surface area contributed by atoms with Crippen molar-refractivity contribution < 1.29 is 12.3 Å². The second-order valence-electron chi connectivity index (χ2n) is 1.49. The minimum absolute atomic E-state index is 0.609. The number of rotatable bonds is 1. The third-order valence-corrected chi connectivity index (χ3v) is 1.55. The van der Waals surface area contributed by atoms with Crippen LogP contribution in [0.2, 0.25) is 0 Å². The van der Waals surface area contributed by atoms with Crippen LogP contribution in [0.1, 0.15) is 0 Å². The van der Waals surface area contributed by atoms with E-state index in [2.05, 4.69) is 9.97 Å². The zero-order valence-corrected chi connectivity index (χ0v) is 5.55. The molecular weight excluding hydrogens is 159 g/mol. The van der Waals surface area contributed by atoms with Crippen LogP contribution in [-0.2, 0) is 10.2 Å². The fourth-order valence-electron chi connectivity index (χ4n) is 0.423. The molecule has 0 spiro atoms. The molecule has 0 saturated heterocycles. The van der Waals surface area contributed by atoms with Gasteiger partial charge in [-0.15, -0.1) is 0 Å². The van der Waals surface area contributed by atoms with Crippen molar-refractivity contribution in [3.63, 3.8) is 0 Å². The summed E-state index contributed by atoms with van der Waals surface area (Å²) in [6, 6.07) is 0.981. The first-order valence-corrected chi connectivity index (χ1v) is 3.70. The van der Waals surface area contributed by atoms with Crippen LogP contribution in [0.15, 0.2) is 23.6 Å². The van der Waals surface area contributed by atoms with Crippen molar-refractivity contribution in [3.8, 4) is 0 Å². The molecule has 54 valence electrons. The van der Waals surface area contributed by atoms with E-state index in [1.54, 1.807) is 0 Å². The summed E-state index contributed by atoms with van der Waals surface area (Å²) < 4.78 is 32.2. The van der Waals surface area contributed by atoms with Gasteiger partial charge in [-0.05, 0) is 6.07 Å². The summed E-state index contributed by atoms with van der Waals surface area (Å²) in [5.74, 6) is 0. The fraction of sp³-hybridized carbons (Fsp3) is 0. The first kappa shape index (κ1) is 7.07. The molecule has 6 heteroatoms. The summed E-state index contributed by atoms with van der Waals surface area (Å²) in [6.45, 7) is 0. The lowest BCUT2D eigenvalue weighted by molar-refractivity contribution is 0.547. The van der Waals surface area contributed by atoms with Gasteiger partial charge in [-0.25, -0.2) is 9.97 Å². The van der Waals surface area contributed by atoms with Gasteiger partial charge in [0, 0.05) is 6.20 Å². The molecule has 1 aromatic heterocycles. The summed E-state index contributed by atoms with van der Waals surface area (Å²) in [4.78, 5) is 6.59. The van der Waals surface area contributed by atoms with Crippen molar-refractivity contribution in [2.75, 3.05) is 0 Å². The first-order chi connectivity index (χ1) is 4.61. The molecule has 0 unspecified atom stereocenters. The molecule has 0 bridgehead atoms. The molecular formula is C4H3FN2O2S. The molecule has 0 atom stereocenters. The minimum Gasteiger partial charge on any atom is -0.245 e. The van der Waals surface area contributed by atoms with Crippen molar-refractivity contribution in [1.29, 1.82) is 0 Å². The van der Waals surface area contributed by atoms with Crippen LogP contribution < -0.4 is 0 Å². The van der Waals surface area contributed by atoms with Gasteiger partial charge in [0.25, 0.3) is 0 Å². The molecule has 0 radical (unpaired) electrons. The van der Waals surface area contributed by atoms with Crippen LogP contribution in [0.5, 0.6) is 0 Å². The van der Waals surface area contributed by atoms with Gasteiger partial charge in [0.15, 0.2) is 5.03 Å². The normalized spacial score (nSPS) is 11.3. The summed E-state index contributed by atoms with van der Waals surface area (Å²) in [6.07, 6.45) is 2.12. The Morgan fingerprint density at radius 3 is 2.50 bits per heavy atom. The Hall–Kier alpha value is -1.04. The Morgan fingerprint density at radius 2 is 2.20 bits per heavy atom. The van der Waals surface area contributed by atoms with Crippen molar-refractivity contribution in [3.05, 3.63) is 18.6 Å². The van der Waals surface area contributed by atoms with Crippen LogP contribution in [0, 0.1) is 0 Å². The Labute approximate surface area is 57.0 Å². The van der Waals surface area contributed by atoms with E-state index >= 15 is 0 Å². The SMILES string of the molecule is O=S(=O)(F)c1ccncn1. The molecule has 0 fully saturated rings. The van der Waals surface area contributed by atoms with E-state index in [0.717, 1.165) is 18.6 Å². The molecule has 1 heterocycles. The molecule has 0 aliphatic rings. The monoisotopic (exact) mass is 162 g/mol. The maximum Gasteiger partial charge on any atom is 0.349 e. The fourth-order valence-corrected chi connectivity index (χ4v) is 0.819. The highest BCUT2D eigenvalue weighted by atomic mass is 32.3. The maximum absolute atomic E-state index is 12.0. The summed E-state index contributed by atoms with van der Waals surface area (Å²) in [5, 5.41) is -0.609. The van der Waals surface area contributed by atoms with E-state index in [4.69, 9.17) is 0 Å². The van der Waals surface area contributed by atoms with E-state index in [-0.39, 0.29) is 0 Å². The summed E-state index contributed by atoms with van der Waals surface area (Å²) in [7, 11) is -4.65. The Balaban J connectivity index is 3.22. The molecule has 1 aromatic rings. The lowest BCUT2D eigenvalue weighted by atomic mass is 10.7.